The summed E-state index contributed by atoms with van der Waals surface area (Å²) < 4.78 is 4.83. The first-order valence-corrected chi connectivity index (χ1v) is 4.96. The van der Waals surface area contributed by atoms with Gasteiger partial charge in [0.15, 0.2) is 0 Å². The lowest BCUT2D eigenvalue weighted by Crippen LogP contribution is -1.84. The molecule has 0 amide bonds. The summed E-state index contributed by atoms with van der Waals surface area (Å²) in [5.74, 6) is 0.384. The average Bonchev–Trinajstić information content (AvgIpc) is 2.16. The summed E-state index contributed by atoms with van der Waals surface area (Å²) in [5, 5.41) is 9.10. The molecule has 0 fully saturated rings. The Morgan fingerprint density at radius 3 is 2.00 bits per heavy atom. The third-order valence-electron chi connectivity index (χ3n) is 1.98. The fourth-order valence-electron chi connectivity index (χ4n) is 0.940. The van der Waals surface area contributed by atoms with Crippen molar-refractivity contribution in [2.45, 2.75) is 27.7 Å². The number of hydrogen-bond acceptors (Lipinski definition) is 2. The Kier molecular flexibility index (Phi) is 6.85. The van der Waals surface area contributed by atoms with Crippen molar-refractivity contribution in [2.24, 2.45) is 0 Å². The second-order valence-electron chi connectivity index (χ2n) is 3.00. The average molecular weight is 196 g/mol. The number of phenols is 1. The summed E-state index contributed by atoms with van der Waals surface area (Å²) in [6.07, 6.45) is 0. The maximum atomic E-state index is 9.10. The molecule has 0 atom stereocenters. The van der Waals surface area contributed by atoms with Gasteiger partial charge in [0.05, 0.1) is 0 Å². The van der Waals surface area contributed by atoms with Gasteiger partial charge in [0.1, 0.15) is 5.75 Å². The Morgan fingerprint density at radius 1 is 1.14 bits per heavy atom. The van der Waals surface area contributed by atoms with Gasteiger partial charge in [-0.05, 0) is 44.9 Å². The number of ether oxygens (including phenoxy) is 1. The van der Waals surface area contributed by atoms with Crippen molar-refractivity contribution in [1.82, 2.24) is 0 Å². The van der Waals surface area contributed by atoms with Crippen molar-refractivity contribution in [3.8, 4) is 5.75 Å². The number of aryl methyl sites for hydroxylation is 1. The first kappa shape index (κ1) is 13.0. The molecule has 0 aliphatic heterocycles. The minimum absolute atomic E-state index is 0.384. The van der Waals surface area contributed by atoms with Crippen LogP contribution in [0.3, 0.4) is 0 Å². The maximum absolute atomic E-state index is 9.10. The molecule has 14 heavy (non-hydrogen) atoms. The summed E-state index contributed by atoms with van der Waals surface area (Å²) in [4.78, 5) is 0. The van der Waals surface area contributed by atoms with Crippen molar-refractivity contribution in [3.63, 3.8) is 0 Å². The van der Waals surface area contributed by atoms with E-state index in [0.717, 1.165) is 24.3 Å². The van der Waals surface area contributed by atoms with Crippen molar-refractivity contribution in [2.75, 3.05) is 13.2 Å². The van der Waals surface area contributed by atoms with Gasteiger partial charge in [-0.25, -0.2) is 0 Å². The van der Waals surface area contributed by atoms with Gasteiger partial charge < -0.3 is 9.84 Å². The highest BCUT2D eigenvalue weighted by molar-refractivity contribution is 5.36. The molecule has 80 valence electrons. The van der Waals surface area contributed by atoms with E-state index in [9.17, 15) is 0 Å². The highest BCUT2D eigenvalue weighted by Gasteiger charge is 1.94. The predicted molar refractivity (Wildman–Crippen MR) is 59.7 cm³/mol. The molecular formula is C12H20O2. The Morgan fingerprint density at radius 2 is 1.71 bits per heavy atom. The minimum atomic E-state index is 0.384. The van der Waals surface area contributed by atoms with Crippen molar-refractivity contribution in [3.05, 3.63) is 29.3 Å². The van der Waals surface area contributed by atoms with Gasteiger partial charge in [-0.3, -0.25) is 0 Å². The lowest BCUT2D eigenvalue weighted by atomic mass is 10.1. The minimum Gasteiger partial charge on any atom is -0.508 e. The fraction of sp³-hybridized carbons (Fsp3) is 0.500. The van der Waals surface area contributed by atoms with Crippen LogP contribution in [0.25, 0.3) is 0 Å². The van der Waals surface area contributed by atoms with E-state index in [4.69, 9.17) is 9.84 Å². The first-order valence-electron chi connectivity index (χ1n) is 4.96. The zero-order valence-corrected chi connectivity index (χ0v) is 9.50. The van der Waals surface area contributed by atoms with Gasteiger partial charge in [0.2, 0.25) is 0 Å². The van der Waals surface area contributed by atoms with Crippen molar-refractivity contribution >= 4 is 0 Å². The second kappa shape index (κ2) is 7.39. The third-order valence-corrected chi connectivity index (χ3v) is 1.98. The van der Waals surface area contributed by atoms with E-state index in [1.165, 1.54) is 0 Å². The largest absolute Gasteiger partial charge is 0.508 e. The molecule has 1 aromatic rings. The Hall–Kier alpha value is -1.02. The van der Waals surface area contributed by atoms with Crippen molar-refractivity contribution < 1.29 is 9.84 Å². The number of aromatic hydroxyl groups is 1. The molecule has 0 bridgehead atoms. The lowest BCUT2D eigenvalue weighted by Gasteiger charge is -1.99. The molecule has 0 saturated carbocycles. The number of benzene rings is 1. The molecule has 0 unspecified atom stereocenters. The van der Waals surface area contributed by atoms with Crippen LogP contribution >= 0.6 is 0 Å². The van der Waals surface area contributed by atoms with Gasteiger partial charge in [0.25, 0.3) is 0 Å². The van der Waals surface area contributed by atoms with Gasteiger partial charge in [-0.15, -0.1) is 0 Å². The molecule has 0 aliphatic rings. The number of rotatable bonds is 2. The fourth-order valence-corrected chi connectivity index (χ4v) is 0.940. The van der Waals surface area contributed by atoms with E-state index >= 15 is 0 Å². The molecule has 1 N–H and O–H groups in total. The summed E-state index contributed by atoms with van der Waals surface area (Å²) >= 11 is 0. The van der Waals surface area contributed by atoms with Gasteiger partial charge in [0, 0.05) is 13.2 Å². The highest BCUT2D eigenvalue weighted by Crippen LogP contribution is 2.17. The molecule has 2 heteroatoms. The van der Waals surface area contributed by atoms with Gasteiger partial charge in [-0.1, -0.05) is 12.1 Å². The molecule has 0 radical (unpaired) electrons. The smallest absolute Gasteiger partial charge is 0.118 e. The molecule has 1 rings (SSSR count). The summed E-state index contributed by atoms with van der Waals surface area (Å²) in [6, 6.07) is 5.52. The van der Waals surface area contributed by atoms with Crippen LogP contribution in [-0.2, 0) is 4.74 Å². The number of hydrogen-bond donors (Lipinski definition) is 1. The van der Waals surface area contributed by atoms with E-state index < -0.39 is 0 Å². The Bertz CT molecular complexity index is 234. The molecule has 0 heterocycles. The van der Waals surface area contributed by atoms with E-state index in [-0.39, 0.29) is 0 Å². The van der Waals surface area contributed by atoms with Crippen LogP contribution in [0.4, 0.5) is 0 Å². The van der Waals surface area contributed by atoms with E-state index in [0.29, 0.717) is 5.75 Å². The van der Waals surface area contributed by atoms with E-state index in [1.54, 1.807) is 6.07 Å². The van der Waals surface area contributed by atoms with Crippen LogP contribution in [0, 0.1) is 13.8 Å². The first-order chi connectivity index (χ1) is 6.63. The summed E-state index contributed by atoms with van der Waals surface area (Å²) in [6.45, 7) is 9.56. The standard InChI is InChI=1S/C8H10O.C4H10O/c1-6-4-3-5-8(9)7(6)2;1-3-5-4-2/h3-5,9H,1-2H3;3-4H2,1-2H3. The van der Waals surface area contributed by atoms with Crippen LogP contribution in [0.1, 0.15) is 25.0 Å². The molecule has 0 saturated heterocycles. The Balaban J connectivity index is 0.000000292. The number of phenolic OH excluding ortho intramolecular Hbond substituents is 1. The second-order valence-corrected chi connectivity index (χ2v) is 3.00. The highest BCUT2D eigenvalue weighted by atomic mass is 16.5. The molecule has 0 aliphatic carbocycles. The van der Waals surface area contributed by atoms with Gasteiger partial charge >= 0.3 is 0 Å². The zero-order valence-electron chi connectivity index (χ0n) is 9.50. The van der Waals surface area contributed by atoms with Crippen LogP contribution in [0.15, 0.2) is 18.2 Å². The molecule has 0 spiro atoms. The zero-order chi connectivity index (χ0) is 11.0. The Labute approximate surface area is 86.5 Å². The lowest BCUT2D eigenvalue weighted by molar-refractivity contribution is 0.162. The summed E-state index contributed by atoms with van der Waals surface area (Å²) in [7, 11) is 0. The van der Waals surface area contributed by atoms with Crippen LogP contribution < -0.4 is 0 Å². The SMILES string of the molecule is CCOCC.Cc1cccc(O)c1C. The predicted octanol–water partition coefficient (Wildman–Crippen LogP) is 3.05. The quantitative estimate of drug-likeness (QED) is 0.787. The van der Waals surface area contributed by atoms with Crippen LogP contribution in [0.5, 0.6) is 5.75 Å². The molecular weight excluding hydrogens is 176 g/mol. The molecule has 1 aromatic carbocycles. The van der Waals surface area contributed by atoms with E-state index in [1.807, 2.05) is 39.8 Å². The molecule has 2 nitrogen and oxygen atoms in total. The van der Waals surface area contributed by atoms with Crippen molar-refractivity contribution in [1.29, 1.82) is 0 Å². The van der Waals surface area contributed by atoms with Crippen LogP contribution in [-0.4, -0.2) is 18.3 Å². The third kappa shape index (κ3) is 4.87. The maximum Gasteiger partial charge on any atom is 0.118 e. The normalized spacial score (nSPS) is 9.14. The molecule has 0 aromatic heterocycles. The van der Waals surface area contributed by atoms with Gasteiger partial charge in [-0.2, -0.15) is 0 Å². The monoisotopic (exact) mass is 196 g/mol. The van der Waals surface area contributed by atoms with Crippen LogP contribution in [0.2, 0.25) is 0 Å². The summed E-state index contributed by atoms with van der Waals surface area (Å²) in [5.41, 5.74) is 2.10. The van der Waals surface area contributed by atoms with E-state index in [2.05, 4.69) is 0 Å². The topological polar surface area (TPSA) is 29.5 Å².